The van der Waals surface area contributed by atoms with E-state index >= 15 is 0 Å². The van der Waals surface area contributed by atoms with E-state index in [1.807, 2.05) is 0 Å². The van der Waals surface area contributed by atoms with Gasteiger partial charge in [-0.25, -0.2) is 13.2 Å². The minimum absolute atomic E-state index is 0.0637. The highest BCUT2D eigenvalue weighted by Gasteiger charge is 2.19. The number of hydrogen-bond donors (Lipinski definition) is 2. The van der Waals surface area contributed by atoms with Crippen molar-refractivity contribution in [2.24, 2.45) is 0 Å². The molecule has 0 spiro atoms. The Kier molecular flexibility index (Phi) is 7.44. The lowest BCUT2D eigenvalue weighted by atomic mass is 10.2. The number of nitrogens with zero attached hydrogens (tertiary/aromatic N) is 1. The van der Waals surface area contributed by atoms with E-state index in [4.69, 9.17) is 9.47 Å². The number of nitrogens with one attached hydrogen (secondary N) is 2. The Balaban J connectivity index is 2.19. The number of benzene rings is 2. The van der Waals surface area contributed by atoms with E-state index in [2.05, 4.69) is 10.6 Å². The van der Waals surface area contributed by atoms with Gasteiger partial charge in [-0.05, 0) is 24.3 Å². The normalized spacial score (nSPS) is 10.9. The van der Waals surface area contributed by atoms with Gasteiger partial charge in [-0.3, -0.25) is 20.2 Å². The zero-order valence-corrected chi connectivity index (χ0v) is 16.9. The van der Waals surface area contributed by atoms with Crippen LogP contribution in [0.1, 0.15) is 10.4 Å². The van der Waals surface area contributed by atoms with Crippen LogP contribution in [-0.2, 0) is 19.3 Å². The molecule has 0 heterocycles. The number of ether oxygens (including phenoxy) is 2. The number of anilines is 2. The molecule has 0 bridgehead atoms. The van der Waals surface area contributed by atoms with E-state index in [1.165, 1.54) is 19.2 Å². The number of nitro groups is 1. The summed E-state index contributed by atoms with van der Waals surface area (Å²) in [5.74, 6) is -0.761. The maximum absolute atomic E-state index is 12.5. The number of nitro benzene ring substituents is 1. The highest BCUT2D eigenvalue weighted by Crippen LogP contribution is 2.22. The fraction of sp³-hybridized carbons (Fsp3) is 0.222. The summed E-state index contributed by atoms with van der Waals surface area (Å²) in [6.07, 6.45) is 0.168. The van der Waals surface area contributed by atoms with Gasteiger partial charge in [0, 0.05) is 42.4 Å². The van der Waals surface area contributed by atoms with Crippen LogP contribution in [0.2, 0.25) is 0 Å². The zero-order chi connectivity index (χ0) is 22.3. The number of carbonyl (C=O) groups is 2. The maximum Gasteiger partial charge on any atom is 0.411 e. The first-order valence-corrected chi connectivity index (χ1v) is 10.3. The SMILES string of the molecule is COCCOC(=O)Nc1cccc(NC(=O)c2cc([N+](=O)[O-])cc(S(C)(=O)=O)c2)c1. The molecule has 2 amide bonds. The first kappa shape index (κ1) is 22.8. The van der Waals surface area contributed by atoms with Crippen LogP contribution in [0, 0.1) is 10.1 Å². The zero-order valence-electron chi connectivity index (χ0n) is 16.1. The Morgan fingerprint density at radius 3 is 2.33 bits per heavy atom. The fourth-order valence-corrected chi connectivity index (χ4v) is 2.96. The third-order valence-corrected chi connectivity index (χ3v) is 4.77. The van der Waals surface area contributed by atoms with Crippen molar-refractivity contribution in [3.8, 4) is 0 Å². The number of amides is 2. The number of carbonyl (C=O) groups excluding carboxylic acids is 2. The first-order chi connectivity index (χ1) is 14.1. The predicted molar refractivity (Wildman–Crippen MR) is 107 cm³/mol. The summed E-state index contributed by atoms with van der Waals surface area (Å²) >= 11 is 0. The van der Waals surface area contributed by atoms with Crippen LogP contribution < -0.4 is 10.6 Å². The number of hydrogen-bond acceptors (Lipinski definition) is 8. The molecule has 0 fully saturated rings. The van der Waals surface area contributed by atoms with Crippen LogP contribution >= 0.6 is 0 Å². The molecule has 0 aromatic heterocycles. The largest absolute Gasteiger partial charge is 0.447 e. The van der Waals surface area contributed by atoms with E-state index < -0.39 is 32.4 Å². The van der Waals surface area contributed by atoms with Crippen LogP contribution in [0.15, 0.2) is 47.4 Å². The summed E-state index contributed by atoms with van der Waals surface area (Å²) in [4.78, 5) is 34.1. The molecule has 2 aromatic carbocycles. The van der Waals surface area contributed by atoms with Gasteiger partial charge in [0.25, 0.3) is 11.6 Å². The predicted octanol–water partition coefficient (Wildman–Crippen LogP) is 2.45. The van der Waals surface area contributed by atoms with Gasteiger partial charge >= 0.3 is 6.09 Å². The molecular weight excluding hydrogens is 418 g/mol. The van der Waals surface area contributed by atoms with Crippen LogP contribution in [0.4, 0.5) is 21.9 Å². The second kappa shape index (κ2) is 9.80. The van der Waals surface area contributed by atoms with E-state index in [0.717, 1.165) is 24.5 Å². The number of sulfone groups is 1. The van der Waals surface area contributed by atoms with Crippen molar-refractivity contribution < 1.29 is 32.4 Å². The van der Waals surface area contributed by atoms with Gasteiger partial charge in [-0.1, -0.05) is 6.07 Å². The van der Waals surface area contributed by atoms with Crippen molar-refractivity contribution in [1.29, 1.82) is 0 Å². The fourth-order valence-electron chi connectivity index (χ4n) is 2.28. The quantitative estimate of drug-likeness (QED) is 0.363. The van der Waals surface area contributed by atoms with E-state index in [-0.39, 0.29) is 29.4 Å². The lowest BCUT2D eigenvalue weighted by molar-refractivity contribution is -0.385. The van der Waals surface area contributed by atoms with Crippen molar-refractivity contribution in [1.82, 2.24) is 0 Å². The number of methoxy groups -OCH3 is 1. The Morgan fingerprint density at radius 2 is 1.73 bits per heavy atom. The average molecular weight is 437 g/mol. The van der Waals surface area contributed by atoms with Crippen LogP contribution in [0.3, 0.4) is 0 Å². The van der Waals surface area contributed by atoms with Gasteiger partial charge in [-0.15, -0.1) is 0 Å². The molecule has 2 N–H and O–H groups in total. The second-order valence-electron chi connectivity index (χ2n) is 6.03. The Morgan fingerprint density at radius 1 is 1.07 bits per heavy atom. The molecule has 0 atom stereocenters. The minimum atomic E-state index is -3.77. The number of non-ortho nitro benzene ring substituents is 1. The molecule has 160 valence electrons. The van der Waals surface area contributed by atoms with Crippen molar-refractivity contribution >= 4 is 38.9 Å². The molecular formula is C18H19N3O8S. The summed E-state index contributed by atoms with van der Waals surface area (Å²) in [5.41, 5.74) is -0.146. The van der Waals surface area contributed by atoms with Gasteiger partial charge in [0.15, 0.2) is 9.84 Å². The molecule has 30 heavy (non-hydrogen) atoms. The molecule has 0 aliphatic heterocycles. The Bertz CT molecular complexity index is 1070. The van der Waals surface area contributed by atoms with Crippen molar-refractivity contribution in [3.05, 3.63) is 58.1 Å². The molecule has 0 saturated heterocycles. The Hall–Kier alpha value is -3.51. The van der Waals surface area contributed by atoms with E-state index in [0.29, 0.717) is 5.69 Å². The van der Waals surface area contributed by atoms with E-state index in [1.54, 1.807) is 12.1 Å². The smallest absolute Gasteiger partial charge is 0.411 e. The lowest BCUT2D eigenvalue weighted by Crippen LogP contribution is -2.17. The van der Waals surface area contributed by atoms with E-state index in [9.17, 15) is 28.1 Å². The first-order valence-electron chi connectivity index (χ1n) is 8.44. The standard InChI is InChI=1S/C18H19N3O8S/c1-28-6-7-29-18(23)20-14-5-3-4-13(10-14)19-17(22)12-8-15(21(24)25)11-16(9-12)30(2,26)27/h3-5,8-11H,6-7H2,1-2H3,(H,19,22)(H,20,23). The summed E-state index contributed by atoms with van der Waals surface area (Å²) in [6.45, 7) is 0.302. The molecule has 0 radical (unpaired) electrons. The molecule has 0 unspecified atom stereocenters. The topological polar surface area (TPSA) is 154 Å². The molecule has 2 rings (SSSR count). The monoisotopic (exact) mass is 437 g/mol. The second-order valence-corrected chi connectivity index (χ2v) is 8.05. The molecule has 0 saturated carbocycles. The average Bonchev–Trinajstić information content (AvgIpc) is 2.67. The van der Waals surface area contributed by atoms with Gasteiger partial charge in [0.05, 0.1) is 16.4 Å². The molecule has 11 nitrogen and oxygen atoms in total. The van der Waals surface area contributed by atoms with Crippen molar-refractivity contribution in [2.75, 3.05) is 37.2 Å². The maximum atomic E-state index is 12.5. The third kappa shape index (κ3) is 6.53. The highest BCUT2D eigenvalue weighted by atomic mass is 32.2. The van der Waals surface area contributed by atoms with Gasteiger partial charge < -0.3 is 14.8 Å². The van der Waals surface area contributed by atoms with Crippen molar-refractivity contribution in [3.63, 3.8) is 0 Å². The van der Waals surface area contributed by atoms with Gasteiger partial charge in [-0.2, -0.15) is 0 Å². The van der Waals surface area contributed by atoms with Crippen molar-refractivity contribution in [2.45, 2.75) is 4.90 Å². The number of rotatable bonds is 8. The minimum Gasteiger partial charge on any atom is -0.447 e. The van der Waals surface area contributed by atoms with Crippen LogP contribution in [-0.4, -0.2) is 51.9 Å². The summed E-state index contributed by atoms with van der Waals surface area (Å²) in [5, 5.41) is 16.0. The molecule has 0 aliphatic rings. The molecule has 12 heteroatoms. The van der Waals surface area contributed by atoms with Crippen LogP contribution in [0.25, 0.3) is 0 Å². The summed E-state index contributed by atoms with van der Waals surface area (Å²) in [6, 6.07) is 8.97. The lowest BCUT2D eigenvalue weighted by Gasteiger charge is -2.10. The summed E-state index contributed by atoms with van der Waals surface area (Å²) in [7, 11) is -2.31. The van der Waals surface area contributed by atoms with Gasteiger partial charge in [0.1, 0.15) is 6.61 Å². The summed E-state index contributed by atoms with van der Waals surface area (Å²) < 4.78 is 33.2. The Labute approximate surface area is 172 Å². The van der Waals surface area contributed by atoms with Crippen LogP contribution in [0.5, 0.6) is 0 Å². The molecule has 0 aliphatic carbocycles. The van der Waals surface area contributed by atoms with Gasteiger partial charge in [0.2, 0.25) is 0 Å². The highest BCUT2D eigenvalue weighted by molar-refractivity contribution is 7.90. The third-order valence-electron chi connectivity index (χ3n) is 3.68. The molecule has 2 aromatic rings.